The second-order valence-electron chi connectivity index (χ2n) is 6.33. The van der Waals surface area contributed by atoms with Gasteiger partial charge < -0.3 is 15.5 Å². The largest absolute Gasteiger partial charge is 0.362 e. The van der Waals surface area contributed by atoms with Crippen molar-refractivity contribution >= 4 is 28.8 Å². The number of piperidine rings is 1. The maximum Gasteiger partial charge on any atom is 0.170 e. The van der Waals surface area contributed by atoms with Gasteiger partial charge in [0.1, 0.15) is 5.82 Å². The van der Waals surface area contributed by atoms with Crippen LogP contribution in [0.4, 0.5) is 11.5 Å². The van der Waals surface area contributed by atoms with Gasteiger partial charge in [-0.1, -0.05) is 20.8 Å². The lowest BCUT2D eigenvalue weighted by molar-refractivity contribution is 0.444. The molecule has 0 radical (unpaired) electrons. The molecular weight excluding hydrogens is 280 g/mol. The van der Waals surface area contributed by atoms with E-state index in [1.165, 1.54) is 12.8 Å². The standard InChI is InChI=1S/C16H26N4S/c1-12(2)9-18-16(21)19-14-6-7-15(17-10-14)20-8-4-5-13(3)11-20/h6-7,10,12-13H,4-5,8-9,11H2,1-3H3,(H2,18,19,21). The minimum atomic E-state index is 0.575. The zero-order chi connectivity index (χ0) is 15.2. The number of nitrogens with one attached hydrogen (secondary N) is 2. The summed E-state index contributed by atoms with van der Waals surface area (Å²) in [5.41, 5.74) is 0.935. The predicted octanol–water partition coefficient (Wildman–Crippen LogP) is 3.26. The zero-order valence-corrected chi connectivity index (χ0v) is 14.0. The highest BCUT2D eigenvalue weighted by atomic mass is 32.1. The molecule has 1 saturated heterocycles. The van der Waals surface area contributed by atoms with Crippen molar-refractivity contribution < 1.29 is 0 Å². The molecule has 0 aromatic carbocycles. The quantitative estimate of drug-likeness (QED) is 0.836. The van der Waals surface area contributed by atoms with Crippen LogP contribution >= 0.6 is 12.2 Å². The average Bonchev–Trinajstić information content (AvgIpc) is 2.46. The first kappa shape index (κ1) is 16.0. The van der Waals surface area contributed by atoms with Crippen LogP contribution in [0.1, 0.15) is 33.6 Å². The van der Waals surface area contributed by atoms with Crippen molar-refractivity contribution in [2.75, 3.05) is 29.9 Å². The Hall–Kier alpha value is -1.36. The van der Waals surface area contributed by atoms with E-state index < -0.39 is 0 Å². The zero-order valence-electron chi connectivity index (χ0n) is 13.2. The van der Waals surface area contributed by atoms with Gasteiger partial charge in [0, 0.05) is 19.6 Å². The van der Waals surface area contributed by atoms with Gasteiger partial charge in [-0.3, -0.25) is 0 Å². The Morgan fingerprint density at radius 3 is 2.90 bits per heavy atom. The minimum Gasteiger partial charge on any atom is -0.362 e. The number of rotatable bonds is 4. The smallest absolute Gasteiger partial charge is 0.170 e. The Morgan fingerprint density at radius 2 is 2.29 bits per heavy atom. The van der Waals surface area contributed by atoms with Crippen LogP contribution in [0.3, 0.4) is 0 Å². The lowest BCUT2D eigenvalue weighted by atomic mass is 10.0. The SMILES string of the molecule is CC(C)CNC(=S)Nc1ccc(N2CCCC(C)C2)nc1. The normalized spacial score (nSPS) is 18.7. The highest BCUT2D eigenvalue weighted by Crippen LogP contribution is 2.21. The molecule has 21 heavy (non-hydrogen) atoms. The molecule has 0 saturated carbocycles. The molecule has 0 spiro atoms. The van der Waals surface area contributed by atoms with Crippen LogP contribution in [0.25, 0.3) is 0 Å². The number of pyridine rings is 1. The van der Waals surface area contributed by atoms with Gasteiger partial charge in [0.25, 0.3) is 0 Å². The molecule has 4 nitrogen and oxygen atoms in total. The monoisotopic (exact) mass is 306 g/mol. The second-order valence-corrected chi connectivity index (χ2v) is 6.74. The number of thiocarbonyl (C=S) groups is 1. The second kappa shape index (κ2) is 7.59. The fraction of sp³-hybridized carbons (Fsp3) is 0.625. The first-order valence-corrected chi connectivity index (χ1v) is 8.21. The summed E-state index contributed by atoms with van der Waals surface area (Å²) >= 11 is 5.27. The first-order chi connectivity index (χ1) is 10.0. The van der Waals surface area contributed by atoms with Crippen LogP contribution < -0.4 is 15.5 Å². The van der Waals surface area contributed by atoms with E-state index in [1.54, 1.807) is 0 Å². The highest BCUT2D eigenvalue weighted by molar-refractivity contribution is 7.80. The Bertz CT molecular complexity index is 458. The summed E-state index contributed by atoms with van der Waals surface area (Å²) in [7, 11) is 0. The van der Waals surface area contributed by atoms with Gasteiger partial charge in [-0.15, -0.1) is 0 Å². The molecule has 0 amide bonds. The molecule has 1 atom stereocenters. The van der Waals surface area contributed by atoms with Gasteiger partial charge in [-0.05, 0) is 49.0 Å². The number of hydrogen-bond donors (Lipinski definition) is 2. The van der Waals surface area contributed by atoms with Gasteiger partial charge >= 0.3 is 0 Å². The van der Waals surface area contributed by atoms with Crippen LogP contribution in [0.15, 0.2) is 18.3 Å². The Labute approximate surface area is 133 Å². The van der Waals surface area contributed by atoms with Crippen molar-refractivity contribution in [2.24, 2.45) is 11.8 Å². The third kappa shape index (κ3) is 5.16. The van der Waals surface area contributed by atoms with Crippen molar-refractivity contribution in [1.82, 2.24) is 10.3 Å². The van der Waals surface area contributed by atoms with E-state index in [0.717, 1.165) is 37.1 Å². The molecule has 2 heterocycles. The predicted molar refractivity (Wildman–Crippen MR) is 93.9 cm³/mol. The Kier molecular flexibility index (Phi) is 5.79. The van der Waals surface area contributed by atoms with Crippen molar-refractivity contribution in [3.8, 4) is 0 Å². The van der Waals surface area contributed by atoms with Crippen LogP contribution in [0.2, 0.25) is 0 Å². The fourth-order valence-electron chi connectivity index (χ4n) is 2.52. The molecule has 1 fully saturated rings. The van der Waals surface area contributed by atoms with E-state index in [2.05, 4.69) is 47.4 Å². The molecular formula is C16H26N4S. The lowest BCUT2D eigenvalue weighted by Crippen LogP contribution is -2.34. The summed E-state index contributed by atoms with van der Waals surface area (Å²) in [5, 5.41) is 7.03. The number of nitrogens with zero attached hydrogens (tertiary/aromatic N) is 2. The Morgan fingerprint density at radius 1 is 1.48 bits per heavy atom. The fourth-order valence-corrected chi connectivity index (χ4v) is 2.72. The Balaban J connectivity index is 1.88. The van der Waals surface area contributed by atoms with E-state index >= 15 is 0 Å². The molecule has 0 aliphatic carbocycles. The lowest BCUT2D eigenvalue weighted by Gasteiger charge is -2.31. The molecule has 1 aliphatic heterocycles. The van der Waals surface area contributed by atoms with E-state index in [-0.39, 0.29) is 0 Å². The van der Waals surface area contributed by atoms with Gasteiger partial charge in [-0.2, -0.15) is 0 Å². The molecule has 1 aromatic rings. The van der Waals surface area contributed by atoms with E-state index in [0.29, 0.717) is 11.0 Å². The third-order valence-corrected chi connectivity index (χ3v) is 3.90. The van der Waals surface area contributed by atoms with Crippen LogP contribution in [-0.4, -0.2) is 29.7 Å². The molecule has 2 N–H and O–H groups in total. The van der Waals surface area contributed by atoms with Gasteiger partial charge in [-0.25, -0.2) is 4.98 Å². The summed E-state index contributed by atoms with van der Waals surface area (Å²) in [6.45, 7) is 9.72. The average molecular weight is 306 g/mol. The van der Waals surface area contributed by atoms with Gasteiger partial charge in [0.15, 0.2) is 5.11 Å². The summed E-state index contributed by atoms with van der Waals surface area (Å²) in [5.74, 6) is 2.39. The molecule has 2 rings (SSSR count). The summed E-state index contributed by atoms with van der Waals surface area (Å²) in [4.78, 5) is 6.93. The van der Waals surface area contributed by atoms with Crippen molar-refractivity contribution in [1.29, 1.82) is 0 Å². The van der Waals surface area contributed by atoms with Crippen LogP contribution in [-0.2, 0) is 0 Å². The number of hydrogen-bond acceptors (Lipinski definition) is 3. The summed E-state index contributed by atoms with van der Waals surface area (Å²) in [6.07, 6.45) is 4.44. The van der Waals surface area contributed by atoms with Crippen LogP contribution in [0.5, 0.6) is 0 Å². The number of aromatic nitrogens is 1. The molecule has 0 bridgehead atoms. The molecule has 1 unspecified atom stereocenters. The summed E-state index contributed by atoms with van der Waals surface area (Å²) < 4.78 is 0. The third-order valence-electron chi connectivity index (χ3n) is 3.66. The number of anilines is 2. The molecule has 1 aliphatic rings. The van der Waals surface area contributed by atoms with Crippen molar-refractivity contribution in [3.63, 3.8) is 0 Å². The molecule has 5 heteroatoms. The summed E-state index contributed by atoms with van der Waals surface area (Å²) in [6, 6.07) is 4.12. The minimum absolute atomic E-state index is 0.575. The molecule has 1 aromatic heterocycles. The van der Waals surface area contributed by atoms with Crippen molar-refractivity contribution in [2.45, 2.75) is 33.6 Å². The maximum absolute atomic E-state index is 5.27. The van der Waals surface area contributed by atoms with Crippen molar-refractivity contribution in [3.05, 3.63) is 18.3 Å². The first-order valence-electron chi connectivity index (χ1n) is 7.80. The van der Waals surface area contributed by atoms with Gasteiger partial charge in [0.05, 0.1) is 11.9 Å². The molecule has 116 valence electrons. The van der Waals surface area contributed by atoms with Gasteiger partial charge in [0.2, 0.25) is 0 Å². The van der Waals surface area contributed by atoms with E-state index in [4.69, 9.17) is 12.2 Å². The maximum atomic E-state index is 5.27. The van der Waals surface area contributed by atoms with E-state index in [9.17, 15) is 0 Å². The topological polar surface area (TPSA) is 40.2 Å². The van der Waals surface area contributed by atoms with Crippen LogP contribution in [0, 0.1) is 11.8 Å². The highest BCUT2D eigenvalue weighted by Gasteiger charge is 2.17. The van der Waals surface area contributed by atoms with E-state index in [1.807, 2.05) is 12.3 Å².